The lowest BCUT2D eigenvalue weighted by Crippen LogP contribution is -2.45. The molecule has 1 amide bonds. The Morgan fingerprint density at radius 3 is 2.48 bits per heavy atom. The lowest BCUT2D eigenvalue weighted by atomic mass is 9.92. The van der Waals surface area contributed by atoms with Crippen LogP contribution in [0, 0.1) is 5.92 Å². The molecule has 2 heterocycles. The second-order valence-corrected chi connectivity index (χ2v) is 7.47. The van der Waals surface area contributed by atoms with Crippen molar-refractivity contribution in [1.29, 1.82) is 0 Å². The zero-order chi connectivity index (χ0) is 17.6. The molecule has 138 valence electrons. The number of carbonyl (C=O) groups is 1. The van der Waals surface area contributed by atoms with Gasteiger partial charge in [-0.15, -0.1) is 0 Å². The molecule has 25 heavy (non-hydrogen) atoms. The summed E-state index contributed by atoms with van der Waals surface area (Å²) in [6, 6.07) is 8.81. The van der Waals surface area contributed by atoms with Crippen LogP contribution in [-0.2, 0) is 11.3 Å². The van der Waals surface area contributed by atoms with E-state index in [1.54, 1.807) is 0 Å². The van der Waals surface area contributed by atoms with Gasteiger partial charge in [-0.05, 0) is 50.6 Å². The summed E-state index contributed by atoms with van der Waals surface area (Å²) in [6.07, 6.45) is 1.85. The number of hydrogen-bond acceptors (Lipinski definition) is 4. The van der Waals surface area contributed by atoms with Crippen LogP contribution in [0.1, 0.15) is 32.3 Å². The molecule has 0 spiro atoms. The van der Waals surface area contributed by atoms with E-state index in [-0.39, 0.29) is 11.8 Å². The first-order valence-corrected chi connectivity index (χ1v) is 9.72. The Morgan fingerprint density at radius 2 is 1.84 bits per heavy atom. The lowest BCUT2D eigenvalue weighted by Gasteiger charge is -2.34. The van der Waals surface area contributed by atoms with E-state index in [9.17, 15) is 4.79 Å². The molecular weight excluding hydrogens is 312 g/mol. The van der Waals surface area contributed by atoms with Gasteiger partial charge in [0.15, 0.2) is 0 Å². The molecule has 2 N–H and O–H groups in total. The van der Waals surface area contributed by atoms with E-state index in [1.807, 2.05) is 12.1 Å². The third-order valence-electron chi connectivity index (χ3n) is 5.53. The van der Waals surface area contributed by atoms with Crippen molar-refractivity contribution in [2.24, 2.45) is 5.92 Å². The SMILES string of the molecule is CCN1CCN(Cc2ccc(NC(=O)[C@H]3CCN[C@@H](C)C3)cc2)CC1. The zero-order valence-electron chi connectivity index (χ0n) is 15.6. The first-order valence-electron chi connectivity index (χ1n) is 9.72. The van der Waals surface area contributed by atoms with E-state index in [0.717, 1.165) is 51.3 Å². The Bertz CT molecular complexity index is 551. The standard InChI is InChI=1S/C20H32N4O/c1-3-23-10-12-24(13-11-23)15-17-4-6-19(7-5-17)22-20(25)18-8-9-21-16(2)14-18/h4-7,16,18,21H,3,8-15H2,1-2H3,(H,22,25)/t16-,18-/m0/s1. The van der Waals surface area contributed by atoms with Gasteiger partial charge < -0.3 is 15.5 Å². The minimum atomic E-state index is 0.130. The first-order chi connectivity index (χ1) is 12.1. The highest BCUT2D eigenvalue weighted by Crippen LogP contribution is 2.19. The summed E-state index contributed by atoms with van der Waals surface area (Å²) in [7, 11) is 0. The van der Waals surface area contributed by atoms with Crippen molar-refractivity contribution in [3.8, 4) is 0 Å². The fourth-order valence-electron chi connectivity index (χ4n) is 3.83. The van der Waals surface area contributed by atoms with E-state index >= 15 is 0 Å². The minimum Gasteiger partial charge on any atom is -0.326 e. The van der Waals surface area contributed by atoms with Crippen LogP contribution in [0.25, 0.3) is 0 Å². The van der Waals surface area contributed by atoms with Gasteiger partial charge in [-0.25, -0.2) is 0 Å². The van der Waals surface area contributed by atoms with Gasteiger partial charge in [0.2, 0.25) is 5.91 Å². The number of piperidine rings is 1. The van der Waals surface area contributed by atoms with Crippen molar-refractivity contribution >= 4 is 11.6 Å². The molecule has 0 aliphatic carbocycles. The van der Waals surface area contributed by atoms with Gasteiger partial charge in [0.05, 0.1) is 0 Å². The van der Waals surface area contributed by atoms with Crippen molar-refractivity contribution in [2.75, 3.05) is 44.6 Å². The summed E-state index contributed by atoms with van der Waals surface area (Å²) in [5.41, 5.74) is 2.23. The monoisotopic (exact) mass is 344 g/mol. The fraction of sp³-hybridized carbons (Fsp3) is 0.650. The van der Waals surface area contributed by atoms with Crippen LogP contribution in [-0.4, -0.2) is 61.0 Å². The van der Waals surface area contributed by atoms with Crippen LogP contribution in [0.4, 0.5) is 5.69 Å². The quantitative estimate of drug-likeness (QED) is 0.859. The molecule has 2 saturated heterocycles. The Hall–Kier alpha value is -1.43. The Morgan fingerprint density at radius 1 is 1.16 bits per heavy atom. The first kappa shape index (κ1) is 18.4. The average molecular weight is 345 g/mol. The number of carbonyl (C=O) groups excluding carboxylic acids is 1. The van der Waals surface area contributed by atoms with Crippen LogP contribution in [0.5, 0.6) is 0 Å². The number of likely N-dealkylation sites (N-methyl/N-ethyl adjacent to an activating group) is 1. The molecule has 5 heteroatoms. The minimum absolute atomic E-state index is 0.130. The van der Waals surface area contributed by atoms with Crippen molar-refractivity contribution in [2.45, 2.75) is 39.3 Å². The zero-order valence-corrected chi connectivity index (χ0v) is 15.6. The molecule has 0 bridgehead atoms. The molecule has 0 unspecified atom stereocenters. The molecular formula is C20H32N4O. The maximum atomic E-state index is 12.4. The second kappa shape index (κ2) is 8.79. The molecule has 0 radical (unpaired) electrons. The normalized spacial score (nSPS) is 25.7. The molecule has 2 fully saturated rings. The van der Waals surface area contributed by atoms with Crippen LogP contribution in [0.2, 0.25) is 0 Å². The molecule has 3 rings (SSSR count). The van der Waals surface area contributed by atoms with Gasteiger partial charge in [-0.1, -0.05) is 19.1 Å². The molecule has 0 saturated carbocycles. The summed E-state index contributed by atoms with van der Waals surface area (Å²) in [6.45, 7) is 12.1. The summed E-state index contributed by atoms with van der Waals surface area (Å²) in [4.78, 5) is 17.4. The van der Waals surface area contributed by atoms with E-state index < -0.39 is 0 Å². The number of anilines is 1. The van der Waals surface area contributed by atoms with Gasteiger partial charge >= 0.3 is 0 Å². The second-order valence-electron chi connectivity index (χ2n) is 7.47. The van der Waals surface area contributed by atoms with Crippen LogP contribution in [0.15, 0.2) is 24.3 Å². The number of rotatable bonds is 5. The molecule has 0 aromatic heterocycles. The molecule has 2 atom stereocenters. The number of piperazine rings is 1. The fourth-order valence-corrected chi connectivity index (χ4v) is 3.83. The molecule has 2 aliphatic heterocycles. The highest BCUT2D eigenvalue weighted by Gasteiger charge is 2.24. The van der Waals surface area contributed by atoms with Crippen LogP contribution < -0.4 is 10.6 Å². The summed E-state index contributed by atoms with van der Waals surface area (Å²) in [5.74, 6) is 0.294. The highest BCUT2D eigenvalue weighted by atomic mass is 16.1. The van der Waals surface area contributed by atoms with Gasteiger partial charge in [0.25, 0.3) is 0 Å². The molecule has 1 aromatic rings. The topological polar surface area (TPSA) is 47.6 Å². The Balaban J connectivity index is 1.48. The maximum Gasteiger partial charge on any atom is 0.227 e. The van der Waals surface area contributed by atoms with Crippen LogP contribution >= 0.6 is 0 Å². The van der Waals surface area contributed by atoms with Gasteiger partial charge in [-0.2, -0.15) is 0 Å². The Labute approximate surface area is 151 Å². The summed E-state index contributed by atoms with van der Waals surface area (Å²) < 4.78 is 0. The predicted octanol–water partition coefficient (Wildman–Crippen LogP) is 2.15. The number of nitrogens with one attached hydrogen (secondary N) is 2. The summed E-state index contributed by atoms with van der Waals surface area (Å²) in [5, 5.41) is 6.49. The summed E-state index contributed by atoms with van der Waals surface area (Å²) >= 11 is 0. The number of benzene rings is 1. The van der Waals surface area contributed by atoms with Crippen molar-refractivity contribution in [3.63, 3.8) is 0 Å². The molecule has 1 aromatic carbocycles. The van der Waals surface area contributed by atoms with Gasteiger partial charge in [0, 0.05) is 50.4 Å². The highest BCUT2D eigenvalue weighted by molar-refractivity contribution is 5.92. The van der Waals surface area contributed by atoms with E-state index in [0.29, 0.717) is 6.04 Å². The predicted molar refractivity (Wildman–Crippen MR) is 103 cm³/mol. The largest absolute Gasteiger partial charge is 0.326 e. The third kappa shape index (κ3) is 5.27. The van der Waals surface area contributed by atoms with Crippen molar-refractivity contribution in [3.05, 3.63) is 29.8 Å². The molecule has 2 aliphatic rings. The number of amides is 1. The molecule has 5 nitrogen and oxygen atoms in total. The lowest BCUT2D eigenvalue weighted by molar-refractivity contribution is -0.120. The van der Waals surface area contributed by atoms with E-state index in [4.69, 9.17) is 0 Å². The Kier molecular flexibility index (Phi) is 6.45. The van der Waals surface area contributed by atoms with Crippen molar-refractivity contribution in [1.82, 2.24) is 15.1 Å². The van der Waals surface area contributed by atoms with Gasteiger partial charge in [0.1, 0.15) is 0 Å². The van der Waals surface area contributed by atoms with Crippen molar-refractivity contribution < 1.29 is 4.79 Å². The number of nitrogens with zero attached hydrogens (tertiary/aromatic N) is 2. The van der Waals surface area contributed by atoms with Gasteiger partial charge in [-0.3, -0.25) is 9.69 Å². The average Bonchev–Trinajstić information content (AvgIpc) is 2.64. The maximum absolute atomic E-state index is 12.4. The van der Waals surface area contributed by atoms with E-state index in [2.05, 4.69) is 46.4 Å². The smallest absolute Gasteiger partial charge is 0.227 e. The third-order valence-corrected chi connectivity index (χ3v) is 5.53. The van der Waals surface area contributed by atoms with E-state index in [1.165, 1.54) is 18.7 Å². The number of hydrogen-bond donors (Lipinski definition) is 2. The van der Waals surface area contributed by atoms with Crippen LogP contribution in [0.3, 0.4) is 0 Å².